The van der Waals surface area contributed by atoms with Gasteiger partial charge >= 0.3 is 0 Å². The topological polar surface area (TPSA) is 55.8 Å². The Morgan fingerprint density at radius 1 is 1.32 bits per heavy atom. The van der Waals surface area contributed by atoms with Crippen LogP contribution in [0.4, 0.5) is 10.1 Å². The summed E-state index contributed by atoms with van der Waals surface area (Å²) in [5.74, 6) is -1.45. The smallest absolute Gasteiger partial charge is 0.165 e. The second-order valence-corrected chi connectivity index (χ2v) is 6.50. The molecule has 4 rings (SSSR count). The van der Waals surface area contributed by atoms with Crippen LogP contribution in [0.3, 0.4) is 0 Å². The van der Waals surface area contributed by atoms with E-state index in [-0.39, 0.29) is 29.6 Å². The number of halogens is 1. The van der Waals surface area contributed by atoms with Gasteiger partial charge in [-0.25, -0.2) is 4.39 Å². The van der Waals surface area contributed by atoms with E-state index in [0.29, 0.717) is 18.4 Å². The number of ketones is 1. The van der Waals surface area contributed by atoms with Crippen LogP contribution in [-0.4, -0.2) is 42.7 Å². The molecule has 2 aliphatic heterocycles. The van der Waals surface area contributed by atoms with Gasteiger partial charge in [0.15, 0.2) is 11.6 Å². The molecule has 3 fully saturated rings. The summed E-state index contributed by atoms with van der Waals surface area (Å²) in [7, 11) is 0. The maximum atomic E-state index is 14.2. The van der Waals surface area contributed by atoms with Crippen LogP contribution in [0.1, 0.15) is 24.2 Å². The predicted octanol–water partition coefficient (Wildman–Crippen LogP) is 1.55. The molecule has 4 atom stereocenters. The van der Waals surface area contributed by atoms with Crippen LogP contribution in [0, 0.1) is 11.7 Å². The Morgan fingerprint density at radius 3 is 2.77 bits per heavy atom. The molecule has 2 heterocycles. The third-order valence-electron chi connectivity index (χ3n) is 4.67. The number of hydrogen-bond acceptors (Lipinski definition) is 5. The maximum Gasteiger partial charge on any atom is 0.165 e. The fourth-order valence-electron chi connectivity index (χ4n) is 3.84. The minimum Gasteiger partial charge on any atom is -0.356 e. The molecule has 22 heavy (non-hydrogen) atoms. The highest BCUT2D eigenvalue weighted by Crippen LogP contribution is 2.47. The Morgan fingerprint density at radius 2 is 2.05 bits per heavy atom. The van der Waals surface area contributed by atoms with E-state index in [1.54, 1.807) is 4.90 Å². The summed E-state index contributed by atoms with van der Waals surface area (Å²) < 4.78 is 25.8. The lowest BCUT2D eigenvalue weighted by atomic mass is 10.0. The molecule has 5 nitrogen and oxygen atoms in total. The quantitative estimate of drug-likeness (QED) is 0.776. The van der Waals surface area contributed by atoms with Crippen molar-refractivity contribution >= 4 is 17.8 Å². The fourth-order valence-corrected chi connectivity index (χ4v) is 3.84. The average molecular weight is 305 g/mol. The van der Waals surface area contributed by atoms with Crippen molar-refractivity contribution in [2.75, 3.05) is 11.4 Å². The zero-order valence-electron chi connectivity index (χ0n) is 12.3. The van der Waals surface area contributed by atoms with E-state index in [0.717, 1.165) is 0 Å². The highest BCUT2D eigenvalue weighted by molar-refractivity contribution is 5.97. The first-order chi connectivity index (χ1) is 10.4. The fraction of sp³-hybridized carbons (Fsp3) is 0.500. The van der Waals surface area contributed by atoms with Gasteiger partial charge in [-0.1, -0.05) is 0 Å². The number of rotatable bonds is 2. The normalized spacial score (nSPS) is 35.0. The standard InChI is InChI=1S/C16H16FNO4/c1-16(2)21-14-9-6-18(12(13(9)20)15(14)22-16)11-5-8(7-19)3-4-10(11)17/h3-5,7,9,12,14-15H,6H2,1-2H3/t9-,12+,14-,15+/m1/s1. The van der Waals surface area contributed by atoms with Crippen LogP contribution >= 0.6 is 0 Å². The molecule has 0 unspecified atom stereocenters. The minimum atomic E-state index is -0.730. The number of fused-ring (bicyclic) bond motifs is 5. The average Bonchev–Trinajstić information content (AvgIpc) is 3.03. The monoisotopic (exact) mass is 305 g/mol. The minimum absolute atomic E-state index is 0.0291. The Kier molecular flexibility index (Phi) is 2.75. The van der Waals surface area contributed by atoms with Crippen LogP contribution in [0.25, 0.3) is 0 Å². The molecule has 2 saturated heterocycles. The van der Waals surface area contributed by atoms with Crippen molar-refractivity contribution in [3.05, 3.63) is 29.6 Å². The van der Waals surface area contributed by atoms with Gasteiger partial charge in [0.05, 0.1) is 11.6 Å². The lowest BCUT2D eigenvalue weighted by Gasteiger charge is -2.33. The van der Waals surface area contributed by atoms with E-state index < -0.39 is 17.6 Å². The molecule has 0 spiro atoms. The summed E-state index contributed by atoms with van der Waals surface area (Å²) >= 11 is 0. The van der Waals surface area contributed by atoms with Crippen molar-refractivity contribution in [3.8, 4) is 0 Å². The Bertz CT molecular complexity index is 674. The highest BCUT2D eigenvalue weighted by atomic mass is 19.1. The molecule has 116 valence electrons. The van der Waals surface area contributed by atoms with Gasteiger partial charge in [0.25, 0.3) is 0 Å². The molecule has 1 saturated carbocycles. The van der Waals surface area contributed by atoms with Crippen molar-refractivity contribution < 1.29 is 23.5 Å². The van der Waals surface area contributed by atoms with E-state index >= 15 is 0 Å². The molecule has 1 aromatic rings. The molecule has 0 aromatic heterocycles. The SMILES string of the molecule is CC1(C)O[C@@H]2[C@H](O1)[C@@H]1CN(c3cc(C=O)ccc3F)[C@H]2C1=O. The van der Waals surface area contributed by atoms with Crippen molar-refractivity contribution in [2.45, 2.75) is 37.9 Å². The zero-order valence-corrected chi connectivity index (χ0v) is 12.3. The number of nitrogens with zero attached hydrogens (tertiary/aromatic N) is 1. The van der Waals surface area contributed by atoms with Crippen molar-refractivity contribution in [3.63, 3.8) is 0 Å². The Balaban J connectivity index is 1.72. The number of benzene rings is 1. The van der Waals surface area contributed by atoms with E-state index in [9.17, 15) is 14.0 Å². The van der Waals surface area contributed by atoms with E-state index in [1.165, 1.54) is 18.2 Å². The van der Waals surface area contributed by atoms with Gasteiger partial charge in [0, 0.05) is 12.1 Å². The number of carbonyl (C=O) groups is 2. The van der Waals surface area contributed by atoms with E-state index in [1.807, 2.05) is 13.8 Å². The number of hydrogen-bond donors (Lipinski definition) is 0. The third kappa shape index (κ3) is 1.77. The maximum absolute atomic E-state index is 14.2. The second kappa shape index (κ2) is 4.36. The number of piperidine rings is 1. The number of aldehydes is 1. The van der Waals surface area contributed by atoms with Crippen LogP contribution < -0.4 is 4.90 Å². The largest absolute Gasteiger partial charge is 0.356 e. The van der Waals surface area contributed by atoms with E-state index in [2.05, 4.69) is 0 Å². The predicted molar refractivity (Wildman–Crippen MR) is 75.2 cm³/mol. The van der Waals surface area contributed by atoms with Crippen LogP contribution in [0.2, 0.25) is 0 Å². The lowest BCUT2D eigenvalue weighted by molar-refractivity contribution is -0.158. The van der Waals surface area contributed by atoms with Crippen LogP contribution in [0.5, 0.6) is 0 Å². The van der Waals surface area contributed by atoms with Crippen molar-refractivity contribution in [1.29, 1.82) is 0 Å². The molecular weight excluding hydrogens is 289 g/mol. The number of ether oxygens (including phenoxy) is 2. The lowest BCUT2D eigenvalue weighted by Crippen LogP contribution is -2.48. The third-order valence-corrected chi connectivity index (χ3v) is 4.67. The highest BCUT2D eigenvalue weighted by Gasteiger charge is 2.65. The second-order valence-electron chi connectivity index (χ2n) is 6.50. The van der Waals surface area contributed by atoms with Gasteiger partial charge in [-0.3, -0.25) is 9.59 Å². The summed E-state index contributed by atoms with van der Waals surface area (Å²) in [6, 6.07) is 3.60. The number of anilines is 1. The summed E-state index contributed by atoms with van der Waals surface area (Å²) in [6.07, 6.45) is 0.0156. The first-order valence-electron chi connectivity index (χ1n) is 7.32. The molecular formula is C16H16FNO4. The van der Waals surface area contributed by atoms with Gasteiger partial charge in [0.1, 0.15) is 30.4 Å². The summed E-state index contributed by atoms with van der Waals surface area (Å²) in [5.41, 5.74) is 0.657. The molecule has 0 amide bonds. The molecule has 1 aliphatic carbocycles. The van der Waals surface area contributed by atoms with Crippen molar-refractivity contribution in [1.82, 2.24) is 0 Å². The Labute approximate surface area is 127 Å². The van der Waals surface area contributed by atoms with Gasteiger partial charge in [-0.2, -0.15) is 0 Å². The van der Waals surface area contributed by atoms with Crippen molar-refractivity contribution in [2.24, 2.45) is 5.92 Å². The molecule has 3 aliphatic rings. The molecule has 1 aromatic carbocycles. The Hall–Kier alpha value is -1.79. The van der Waals surface area contributed by atoms with Crippen LogP contribution in [-0.2, 0) is 14.3 Å². The van der Waals surface area contributed by atoms with E-state index in [4.69, 9.17) is 9.47 Å². The number of Topliss-reactive ketones (excluding diaryl/α,β-unsaturated/α-hetero) is 1. The molecule has 0 N–H and O–H groups in total. The van der Waals surface area contributed by atoms with Gasteiger partial charge in [0.2, 0.25) is 0 Å². The number of carbonyl (C=O) groups excluding carboxylic acids is 2. The first-order valence-corrected chi connectivity index (χ1v) is 7.32. The zero-order chi connectivity index (χ0) is 15.6. The molecule has 6 heteroatoms. The molecule has 2 bridgehead atoms. The summed E-state index contributed by atoms with van der Waals surface area (Å²) in [5, 5.41) is 0. The van der Waals surface area contributed by atoms with Gasteiger partial charge in [-0.15, -0.1) is 0 Å². The van der Waals surface area contributed by atoms with Crippen LogP contribution in [0.15, 0.2) is 18.2 Å². The van der Waals surface area contributed by atoms with Gasteiger partial charge < -0.3 is 14.4 Å². The van der Waals surface area contributed by atoms with Gasteiger partial charge in [-0.05, 0) is 32.0 Å². The summed E-state index contributed by atoms with van der Waals surface area (Å²) in [4.78, 5) is 25.1. The summed E-state index contributed by atoms with van der Waals surface area (Å²) in [6.45, 7) is 4.02. The first kappa shape index (κ1) is 13.8. The molecule has 0 radical (unpaired) electrons.